The Hall–Kier alpha value is -1.98. The Morgan fingerprint density at radius 1 is 1.21 bits per heavy atom. The van der Waals surface area contributed by atoms with E-state index in [4.69, 9.17) is 0 Å². The van der Waals surface area contributed by atoms with Crippen molar-refractivity contribution < 1.29 is 13.2 Å². The molecular formula is C13H14F3N3. The first-order valence-electron chi connectivity index (χ1n) is 5.93. The van der Waals surface area contributed by atoms with Crippen LogP contribution in [0.3, 0.4) is 0 Å². The predicted octanol–water partition coefficient (Wildman–Crippen LogP) is 3.60. The van der Waals surface area contributed by atoms with Gasteiger partial charge in [-0.15, -0.1) is 0 Å². The van der Waals surface area contributed by atoms with Crippen LogP contribution in [-0.4, -0.2) is 10.2 Å². The summed E-state index contributed by atoms with van der Waals surface area (Å²) in [6.07, 6.45) is -3.45. The molecule has 0 aliphatic rings. The van der Waals surface area contributed by atoms with Gasteiger partial charge < -0.3 is 5.32 Å². The third-order valence-electron chi connectivity index (χ3n) is 2.77. The summed E-state index contributed by atoms with van der Waals surface area (Å²) in [5.41, 5.74) is 1.57. The van der Waals surface area contributed by atoms with Crippen LogP contribution in [0.2, 0.25) is 0 Å². The van der Waals surface area contributed by atoms with Crippen molar-refractivity contribution in [3.05, 3.63) is 47.3 Å². The number of rotatable bonds is 4. The average Bonchev–Trinajstić information content (AvgIpc) is 2.86. The van der Waals surface area contributed by atoms with E-state index < -0.39 is 11.9 Å². The molecule has 0 bridgehead atoms. The first kappa shape index (κ1) is 13.5. The second-order valence-electron chi connectivity index (χ2n) is 4.18. The van der Waals surface area contributed by atoms with E-state index in [2.05, 4.69) is 22.4 Å². The maximum absolute atomic E-state index is 12.3. The summed E-state index contributed by atoms with van der Waals surface area (Å²) in [6, 6.07) is 8.78. The van der Waals surface area contributed by atoms with Crippen molar-refractivity contribution in [3.63, 3.8) is 0 Å². The first-order chi connectivity index (χ1) is 8.99. The summed E-state index contributed by atoms with van der Waals surface area (Å²) in [5, 5.41) is 8.65. The van der Waals surface area contributed by atoms with Gasteiger partial charge in [0.25, 0.3) is 0 Å². The van der Waals surface area contributed by atoms with E-state index in [-0.39, 0.29) is 6.54 Å². The van der Waals surface area contributed by atoms with Gasteiger partial charge in [0.05, 0.1) is 12.2 Å². The molecular weight excluding hydrogens is 255 g/mol. The van der Waals surface area contributed by atoms with Gasteiger partial charge in [-0.05, 0) is 30.2 Å². The predicted molar refractivity (Wildman–Crippen MR) is 66.7 cm³/mol. The Morgan fingerprint density at radius 2 is 1.89 bits per heavy atom. The number of halogens is 3. The van der Waals surface area contributed by atoms with E-state index in [1.165, 1.54) is 5.56 Å². The van der Waals surface area contributed by atoms with Crippen molar-refractivity contribution in [2.24, 2.45) is 0 Å². The molecule has 0 saturated carbocycles. The fourth-order valence-electron chi connectivity index (χ4n) is 1.65. The minimum absolute atomic E-state index is 0.272. The highest BCUT2D eigenvalue weighted by molar-refractivity contribution is 5.44. The largest absolute Gasteiger partial charge is 0.435 e. The van der Waals surface area contributed by atoms with Crippen molar-refractivity contribution in [1.82, 2.24) is 10.2 Å². The zero-order valence-electron chi connectivity index (χ0n) is 10.4. The molecule has 0 spiro atoms. The summed E-state index contributed by atoms with van der Waals surface area (Å²) in [4.78, 5) is 0. The maximum Gasteiger partial charge on any atom is 0.435 e. The second-order valence-corrected chi connectivity index (χ2v) is 4.18. The summed E-state index contributed by atoms with van der Waals surface area (Å²) < 4.78 is 37.0. The Bertz CT molecular complexity index is 529. The van der Waals surface area contributed by atoms with Crippen molar-refractivity contribution in [3.8, 4) is 0 Å². The molecule has 0 saturated heterocycles. The lowest BCUT2D eigenvalue weighted by atomic mass is 10.1. The van der Waals surface area contributed by atoms with Crippen LogP contribution < -0.4 is 5.32 Å². The van der Waals surface area contributed by atoms with E-state index in [1.54, 1.807) is 0 Å². The van der Waals surface area contributed by atoms with E-state index >= 15 is 0 Å². The standard InChI is InChI=1S/C13H14F3N3/c1-2-9-3-5-10(6-4-9)17-8-11-7-12(19-18-11)13(14,15)16/h3-7,17H,2,8H2,1H3,(H,18,19). The van der Waals surface area contributed by atoms with Gasteiger partial charge in [-0.25, -0.2) is 0 Å². The van der Waals surface area contributed by atoms with Gasteiger partial charge in [-0.2, -0.15) is 18.3 Å². The summed E-state index contributed by atoms with van der Waals surface area (Å²) in [5.74, 6) is 0. The smallest absolute Gasteiger partial charge is 0.379 e. The molecule has 1 heterocycles. The molecule has 3 nitrogen and oxygen atoms in total. The number of hydrogen-bond donors (Lipinski definition) is 2. The van der Waals surface area contributed by atoms with Gasteiger partial charge in [0.15, 0.2) is 5.69 Å². The number of hydrogen-bond acceptors (Lipinski definition) is 2. The Labute approximate surface area is 108 Å². The van der Waals surface area contributed by atoms with Crippen molar-refractivity contribution in [2.45, 2.75) is 26.1 Å². The fraction of sp³-hybridized carbons (Fsp3) is 0.308. The highest BCUT2D eigenvalue weighted by Crippen LogP contribution is 2.27. The molecule has 1 aromatic carbocycles. The normalized spacial score (nSPS) is 11.6. The molecule has 0 atom stereocenters. The number of benzene rings is 1. The average molecular weight is 269 g/mol. The number of aromatic amines is 1. The Morgan fingerprint density at radius 3 is 2.42 bits per heavy atom. The minimum atomic E-state index is -4.41. The SMILES string of the molecule is CCc1ccc(NCc2cc(C(F)(F)F)n[nH]2)cc1. The van der Waals surface area contributed by atoms with Gasteiger partial charge in [-0.1, -0.05) is 19.1 Å². The van der Waals surface area contributed by atoms with E-state index in [0.29, 0.717) is 5.69 Å². The van der Waals surface area contributed by atoms with Crippen LogP contribution in [0.25, 0.3) is 0 Å². The molecule has 0 fully saturated rings. The van der Waals surface area contributed by atoms with Crippen LogP contribution in [0.1, 0.15) is 23.9 Å². The number of H-pyrrole nitrogens is 1. The molecule has 102 valence electrons. The number of aryl methyl sites for hydroxylation is 1. The molecule has 2 N–H and O–H groups in total. The Balaban J connectivity index is 1.96. The number of aromatic nitrogens is 2. The van der Waals surface area contributed by atoms with Gasteiger partial charge in [0.2, 0.25) is 0 Å². The number of anilines is 1. The molecule has 19 heavy (non-hydrogen) atoms. The van der Waals surface area contributed by atoms with Gasteiger partial charge >= 0.3 is 6.18 Å². The monoisotopic (exact) mass is 269 g/mol. The number of nitrogens with one attached hydrogen (secondary N) is 2. The lowest BCUT2D eigenvalue weighted by Crippen LogP contribution is -2.04. The van der Waals surface area contributed by atoms with Crippen molar-refractivity contribution >= 4 is 5.69 Å². The third-order valence-corrected chi connectivity index (χ3v) is 2.77. The van der Waals surface area contributed by atoms with Crippen molar-refractivity contribution in [2.75, 3.05) is 5.32 Å². The topological polar surface area (TPSA) is 40.7 Å². The molecule has 0 radical (unpaired) electrons. The van der Waals surface area contributed by atoms with Gasteiger partial charge in [0, 0.05) is 5.69 Å². The minimum Gasteiger partial charge on any atom is -0.379 e. The molecule has 0 amide bonds. The van der Waals surface area contributed by atoms with Crippen LogP contribution in [0.5, 0.6) is 0 Å². The summed E-state index contributed by atoms with van der Waals surface area (Å²) in [6.45, 7) is 2.33. The quantitative estimate of drug-likeness (QED) is 0.890. The van der Waals surface area contributed by atoms with Crippen LogP contribution in [0, 0.1) is 0 Å². The van der Waals surface area contributed by atoms with E-state index in [0.717, 1.165) is 18.2 Å². The fourth-order valence-corrected chi connectivity index (χ4v) is 1.65. The van der Waals surface area contributed by atoms with Crippen molar-refractivity contribution in [1.29, 1.82) is 0 Å². The lowest BCUT2D eigenvalue weighted by Gasteiger charge is -2.05. The van der Waals surface area contributed by atoms with Crippen LogP contribution in [-0.2, 0) is 19.1 Å². The third kappa shape index (κ3) is 3.49. The number of alkyl halides is 3. The van der Waals surface area contributed by atoms with Gasteiger partial charge in [-0.3, -0.25) is 5.10 Å². The zero-order chi connectivity index (χ0) is 13.9. The summed E-state index contributed by atoms with van der Waals surface area (Å²) >= 11 is 0. The van der Waals surface area contributed by atoms with Crippen LogP contribution in [0.15, 0.2) is 30.3 Å². The van der Waals surface area contributed by atoms with E-state index in [1.807, 2.05) is 24.3 Å². The number of nitrogens with zero attached hydrogens (tertiary/aromatic N) is 1. The highest BCUT2D eigenvalue weighted by Gasteiger charge is 2.33. The lowest BCUT2D eigenvalue weighted by molar-refractivity contribution is -0.141. The molecule has 6 heteroatoms. The van der Waals surface area contributed by atoms with Gasteiger partial charge in [0.1, 0.15) is 0 Å². The molecule has 1 aromatic heterocycles. The molecule has 0 unspecified atom stereocenters. The first-order valence-corrected chi connectivity index (χ1v) is 5.93. The molecule has 2 rings (SSSR count). The second kappa shape index (κ2) is 5.34. The maximum atomic E-state index is 12.3. The Kier molecular flexibility index (Phi) is 3.78. The van der Waals surface area contributed by atoms with Crippen LogP contribution in [0.4, 0.5) is 18.9 Å². The van der Waals surface area contributed by atoms with Crippen LogP contribution >= 0.6 is 0 Å². The molecule has 0 aliphatic heterocycles. The highest BCUT2D eigenvalue weighted by atomic mass is 19.4. The van der Waals surface area contributed by atoms with E-state index in [9.17, 15) is 13.2 Å². The molecule has 2 aromatic rings. The zero-order valence-corrected chi connectivity index (χ0v) is 10.4. The summed E-state index contributed by atoms with van der Waals surface area (Å²) in [7, 11) is 0. The molecule has 0 aliphatic carbocycles.